The first-order valence-corrected chi connectivity index (χ1v) is 8.43. The van der Waals surface area contributed by atoms with Crippen LogP contribution < -0.4 is 4.31 Å². The average molecular weight is 343 g/mol. The number of fused-ring (bicyclic) bond motifs is 1. The van der Waals surface area contributed by atoms with Crippen LogP contribution in [0.5, 0.6) is 0 Å². The van der Waals surface area contributed by atoms with Crippen LogP contribution in [0.1, 0.15) is 0 Å². The van der Waals surface area contributed by atoms with Crippen molar-refractivity contribution in [1.82, 2.24) is 4.98 Å². The van der Waals surface area contributed by atoms with Crippen molar-refractivity contribution in [2.45, 2.75) is 4.90 Å². The van der Waals surface area contributed by atoms with E-state index in [0.717, 1.165) is 9.69 Å². The molecule has 0 unspecified atom stereocenters. The number of aromatic nitrogens is 1. The van der Waals surface area contributed by atoms with E-state index in [1.165, 1.54) is 31.3 Å². The Hall–Kier alpha value is -3.00. The number of nitro groups is 1. The molecule has 1 heterocycles. The molecule has 0 fully saturated rings. The molecular formula is C16H13N3O4S. The van der Waals surface area contributed by atoms with Gasteiger partial charge in [-0.3, -0.25) is 19.4 Å². The van der Waals surface area contributed by atoms with Gasteiger partial charge in [0.1, 0.15) is 0 Å². The third-order valence-electron chi connectivity index (χ3n) is 3.65. The predicted octanol–water partition coefficient (Wildman–Crippen LogP) is 2.97. The lowest BCUT2D eigenvalue weighted by molar-refractivity contribution is -0.387. The van der Waals surface area contributed by atoms with Gasteiger partial charge in [0.25, 0.3) is 15.7 Å². The molecule has 8 heteroatoms. The van der Waals surface area contributed by atoms with Crippen molar-refractivity contribution >= 4 is 32.3 Å². The SMILES string of the molecule is CN(c1cccc2cccnc12)S(=O)(=O)c1ccccc1[N+](=O)[O-]. The molecule has 0 bridgehead atoms. The Labute approximate surface area is 138 Å². The second-order valence-corrected chi connectivity index (χ2v) is 6.99. The van der Waals surface area contributed by atoms with Crippen molar-refractivity contribution in [1.29, 1.82) is 0 Å². The van der Waals surface area contributed by atoms with Gasteiger partial charge >= 0.3 is 0 Å². The second-order valence-electron chi connectivity index (χ2n) is 5.05. The van der Waals surface area contributed by atoms with Gasteiger partial charge in [0.05, 0.1) is 16.1 Å². The first-order valence-electron chi connectivity index (χ1n) is 6.99. The Balaban J connectivity index is 2.19. The molecule has 7 nitrogen and oxygen atoms in total. The largest absolute Gasteiger partial charge is 0.289 e. The maximum absolute atomic E-state index is 12.9. The van der Waals surface area contributed by atoms with E-state index in [2.05, 4.69) is 4.98 Å². The topological polar surface area (TPSA) is 93.4 Å². The van der Waals surface area contributed by atoms with Gasteiger partial charge in [0.15, 0.2) is 4.90 Å². The molecule has 0 atom stereocenters. The highest BCUT2D eigenvalue weighted by atomic mass is 32.2. The molecule has 1 aromatic heterocycles. The molecular weight excluding hydrogens is 330 g/mol. The number of rotatable bonds is 4. The first-order chi connectivity index (χ1) is 11.4. The van der Waals surface area contributed by atoms with Gasteiger partial charge in [-0.15, -0.1) is 0 Å². The highest BCUT2D eigenvalue weighted by Crippen LogP contribution is 2.31. The lowest BCUT2D eigenvalue weighted by atomic mass is 10.2. The Bertz CT molecular complexity index is 1030. The molecule has 3 rings (SSSR count). The molecule has 2 aromatic carbocycles. The molecule has 0 aliphatic carbocycles. The number of pyridine rings is 1. The Morgan fingerprint density at radius 3 is 2.50 bits per heavy atom. The van der Waals surface area contributed by atoms with Crippen LogP contribution in [0.3, 0.4) is 0 Å². The lowest BCUT2D eigenvalue weighted by Crippen LogP contribution is -2.27. The van der Waals surface area contributed by atoms with Crippen molar-refractivity contribution in [2.75, 3.05) is 11.4 Å². The van der Waals surface area contributed by atoms with Gasteiger partial charge < -0.3 is 0 Å². The van der Waals surface area contributed by atoms with Crippen molar-refractivity contribution in [3.05, 3.63) is 70.9 Å². The monoisotopic (exact) mass is 343 g/mol. The van der Waals surface area contributed by atoms with Crippen LogP contribution in [0.15, 0.2) is 65.7 Å². The molecule has 0 saturated heterocycles. The summed E-state index contributed by atoms with van der Waals surface area (Å²) in [4.78, 5) is 14.3. The molecule has 122 valence electrons. The molecule has 0 radical (unpaired) electrons. The van der Waals surface area contributed by atoms with E-state index >= 15 is 0 Å². The third-order valence-corrected chi connectivity index (χ3v) is 5.47. The summed E-state index contributed by atoms with van der Waals surface area (Å²) in [6, 6.07) is 14.0. The first kappa shape index (κ1) is 15.9. The summed E-state index contributed by atoms with van der Waals surface area (Å²) in [6.07, 6.45) is 1.57. The minimum Gasteiger partial charge on any atom is -0.267 e. The van der Waals surface area contributed by atoms with Crippen molar-refractivity contribution in [3.63, 3.8) is 0 Å². The zero-order chi connectivity index (χ0) is 17.3. The van der Waals surface area contributed by atoms with Gasteiger partial charge in [0.2, 0.25) is 0 Å². The van der Waals surface area contributed by atoms with Gasteiger partial charge in [-0.1, -0.05) is 30.3 Å². The van der Waals surface area contributed by atoms with E-state index in [0.29, 0.717) is 11.2 Å². The summed E-state index contributed by atoms with van der Waals surface area (Å²) in [5, 5.41) is 11.9. The highest BCUT2D eigenvalue weighted by Gasteiger charge is 2.30. The molecule has 0 aliphatic heterocycles. The number of benzene rings is 2. The van der Waals surface area contributed by atoms with Gasteiger partial charge in [-0.2, -0.15) is 0 Å². The highest BCUT2D eigenvalue weighted by molar-refractivity contribution is 7.93. The van der Waals surface area contributed by atoms with E-state index < -0.39 is 20.6 Å². The Morgan fingerprint density at radius 2 is 1.75 bits per heavy atom. The molecule has 0 saturated carbocycles. The van der Waals surface area contributed by atoms with E-state index in [1.54, 1.807) is 24.4 Å². The lowest BCUT2D eigenvalue weighted by Gasteiger charge is -2.20. The smallest absolute Gasteiger partial charge is 0.267 e. The van der Waals surface area contributed by atoms with Crippen LogP contribution in [-0.2, 0) is 10.0 Å². The predicted molar refractivity (Wildman–Crippen MR) is 90.4 cm³/mol. The van der Waals surface area contributed by atoms with Crippen LogP contribution in [0.25, 0.3) is 10.9 Å². The summed E-state index contributed by atoms with van der Waals surface area (Å²) in [6.45, 7) is 0. The standard InChI is InChI=1S/C16H13N3O4S/c1-18(14-9-4-6-12-7-5-11-17-16(12)14)24(22,23)15-10-3-2-8-13(15)19(20)21/h2-11H,1H3. The van der Waals surface area contributed by atoms with Crippen LogP contribution in [0.4, 0.5) is 11.4 Å². The van der Waals surface area contributed by atoms with E-state index in [4.69, 9.17) is 0 Å². The van der Waals surface area contributed by atoms with Crippen LogP contribution in [-0.4, -0.2) is 25.4 Å². The second kappa shape index (κ2) is 5.89. The van der Waals surface area contributed by atoms with Crippen molar-refractivity contribution in [3.8, 4) is 0 Å². The Kier molecular flexibility index (Phi) is 3.90. The maximum Gasteiger partial charge on any atom is 0.289 e. The van der Waals surface area contributed by atoms with Crippen molar-refractivity contribution < 1.29 is 13.3 Å². The van der Waals surface area contributed by atoms with Gasteiger partial charge in [-0.25, -0.2) is 8.42 Å². The molecule has 0 spiro atoms. The minimum absolute atomic E-state index is 0.353. The minimum atomic E-state index is -4.11. The summed E-state index contributed by atoms with van der Waals surface area (Å²) >= 11 is 0. The average Bonchev–Trinajstić information content (AvgIpc) is 2.60. The number of hydrogen-bond donors (Lipinski definition) is 0. The summed E-state index contributed by atoms with van der Waals surface area (Å²) < 4.78 is 26.8. The summed E-state index contributed by atoms with van der Waals surface area (Å²) in [7, 11) is -2.75. The van der Waals surface area contributed by atoms with E-state index in [-0.39, 0.29) is 4.90 Å². The fourth-order valence-electron chi connectivity index (χ4n) is 2.45. The summed E-state index contributed by atoms with van der Waals surface area (Å²) in [5.41, 5.74) is 0.397. The number of para-hydroxylation sites is 2. The fraction of sp³-hybridized carbons (Fsp3) is 0.0625. The number of nitro benzene ring substituents is 1. The quantitative estimate of drug-likeness (QED) is 0.536. The van der Waals surface area contributed by atoms with Gasteiger partial charge in [-0.05, 0) is 18.2 Å². The third kappa shape index (κ3) is 2.56. The normalized spacial score (nSPS) is 11.4. The zero-order valence-electron chi connectivity index (χ0n) is 12.7. The maximum atomic E-state index is 12.9. The van der Waals surface area contributed by atoms with Gasteiger partial charge in [0, 0.05) is 24.7 Å². The van der Waals surface area contributed by atoms with Crippen LogP contribution in [0.2, 0.25) is 0 Å². The Morgan fingerprint density at radius 1 is 1.04 bits per heavy atom. The zero-order valence-corrected chi connectivity index (χ0v) is 13.5. The van der Waals surface area contributed by atoms with Crippen molar-refractivity contribution in [2.24, 2.45) is 0 Å². The molecule has 24 heavy (non-hydrogen) atoms. The summed E-state index contributed by atoms with van der Waals surface area (Å²) in [5.74, 6) is 0. The van der Waals surface area contributed by atoms with E-state index in [9.17, 15) is 18.5 Å². The molecule has 0 amide bonds. The van der Waals surface area contributed by atoms with Crippen LogP contribution in [0, 0.1) is 10.1 Å². The number of hydrogen-bond acceptors (Lipinski definition) is 5. The molecule has 0 N–H and O–H groups in total. The number of nitrogens with zero attached hydrogens (tertiary/aromatic N) is 3. The number of sulfonamides is 1. The number of anilines is 1. The van der Waals surface area contributed by atoms with E-state index in [1.807, 2.05) is 12.1 Å². The molecule has 3 aromatic rings. The van der Waals surface area contributed by atoms with Crippen LogP contribution >= 0.6 is 0 Å². The molecule has 0 aliphatic rings. The fourth-order valence-corrected chi connectivity index (χ4v) is 3.80.